The Bertz CT molecular complexity index is 442. The molecular formula is C16H22ClNO2. The summed E-state index contributed by atoms with van der Waals surface area (Å²) in [6.45, 7) is 4.11. The van der Waals surface area contributed by atoms with Crippen molar-refractivity contribution in [1.82, 2.24) is 4.90 Å². The lowest BCUT2D eigenvalue weighted by atomic mass is 10.1. The van der Waals surface area contributed by atoms with E-state index in [1.54, 1.807) is 31.4 Å². The quantitative estimate of drug-likeness (QED) is 0.689. The van der Waals surface area contributed by atoms with Crippen LogP contribution in [0, 0.1) is 5.92 Å². The van der Waals surface area contributed by atoms with Crippen molar-refractivity contribution in [2.24, 2.45) is 5.92 Å². The van der Waals surface area contributed by atoms with Crippen LogP contribution >= 0.6 is 11.6 Å². The van der Waals surface area contributed by atoms with Crippen LogP contribution in [0.3, 0.4) is 0 Å². The van der Waals surface area contributed by atoms with Crippen molar-refractivity contribution in [1.29, 1.82) is 0 Å². The molecule has 1 aromatic rings. The molecule has 0 aromatic heterocycles. The molecule has 1 fully saturated rings. The fraction of sp³-hybridized carbons (Fsp3) is 0.562. The van der Waals surface area contributed by atoms with Crippen LogP contribution in [0.25, 0.3) is 0 Å². The maximum absolute atomic E-state index is 12.4. The standard InChI is InChI=1S/C16H22ClNO2/c1-12(13-3-4-13)18(9-10-20-2)11-16(19)14-5-7-15(17)8-6-14/h5-8,12-13H,3-4,9-11H2,1-2H3. The van der Waals surface area contributed by atoms with Crippen molar-refractivity contribution in [3.8, 4) is 0 Å². The molecule has 0 aliphatic heterocycles. The zero-order valence-corrected chi connectivity index (χ0v) is 12.9. The van der Waals surface area contributed by atoms with Gasteiger partial charge in [-0.25, -0.2) is 0 Å². The number of ether oxygens (including phenoxy) is 1. The lowest BCUT2D eigenvalue weighted by molar-refractivity contribution is 0.0816. The molecule has 0 N–H and O–H groups in total. The first kappa shape index (κ1) is 15.5. The number of nitrogens with zero attached hydrogens (tertiary/aromatic N) is 1. The topological polar surface area (TPSA) is 29.5 Å². The number of methoxy groups -OCH3 is 1. The van der Waals surface area contributed by atoms with Gasteiger partial charge in [0, 0.05) is 30.3 Å². The molecule has 3 nitrogen and oxygen atoms in total. The number of carbonyl (C=O) groups excluding carboxylic acids is 1. The molecule has 1 atom stereocenters. The highest BCUT2D eigenvalue weighted by Crippen LogP contribution is 2.35. The van der Waals surface area contributed by atoms with Crippen LogP contribution in [0.2, 0.25) is 5.02 Å². The van der Waals surface area contributed by atoms with E-state index in [4.69, 9.17) is 16.3 Å². The lowest BCUT2D eigenvalue weighted by Gasteiger charge is -2.28. The Morgan fingerprint density at radius 2 is 2.05 bits per heavy atom. The maximum Gasteiger partial charge on any atom is 0.176 e. The van der Waals surface area contributed by atoms with E-state index in [1.807, 2.05) is 0 Å². The number of Topliss-reactive ketones (excluding diaryl/α,β-unsaturated/α-hetero) is 1. The van der Waals surface area contributed by atoms with Crippen LogP contribution in [0.15, 0.2) is 24.3 Å². The number of hydrogen-bond donors (Lipinski definition) is 0. The first-order valence-electron chi connectivity index (χ1n) is 7.13. The molecule has 1 aliphatic rings. The molecule has 0 spiro atoms. The van der Waals surface area contributed by atoms with Gasteiger partial charge in [0.1, 0.15) is 0 Å². The lowest BCUT2D eigenvalue weighted by Crippen LogP contribution is -2.40. The average Bonchev–Trinajstić information content (AvgIpc) is 3.27. The Balaban J connectivity index is 1.98. The van der Waals surface area contributed by atoms with Crippen molar-refractivity contribution >= 4 is 17.4 Å². The van der Waals surface area contributed by atoms with E-state index in [0.29, 0.717) is 24.2 Å². The molecule has 110 valence electrons. The van der Waals surface area contributed by atoms with Crippen LogP contribution in [-0.4, -0.2) is 43.5 Å². The van der Waals surface area contributed by atoms with Crippen LogP contribution in [0.5, 0.6) is 0 Å². The second-order valence-corrected chi connectivity index (χ2v) is 5.91. The third kappa shape index (κ3) is 4.30. The molecule has 0 heterocycles. The fourth-order valence-electron chi connectivity index (χ4n) is 2.42. The molecule has 20 heavy (non-hydrogen) atoms. The molecule has 1 aromatic carbocycles. The van der Waals surface area contributed by atoms with Crippen LogP contribution in [0.4, 0.5) is 0 Å². The Morgan fingerprint density at radius 3 is 2.60 bits per heavy atom. The Hall–Kier alpha value is -0.900. The molecule has 1 aliphatic carbocycles. The summed E-state index contributed by atoms with van der Waals surface area (Å²) >= 11 is 5.85. The summed E-state index contributed by atoms with van der Waals surface area (Å²) in [5.41, 5.74) is 0.722. The van der Waals surface area contributed by atoms with Gasteiger partial charge in [-0.15, -0.1) is 0 Å². The van der Waals surface area contributed by atoms with Gasteiger partial charge in [0.05, 0.1) is 13.2 Å². The summed E-state index contributed by atoms with van der Waals surface area (Å²) in [5, 5.41) is 0.657. The van der Waals surface area contributed by atoms with Gasteiger partial charge in [-0.2, -0.15) is 0 Å². The second kappa shape index (κ2) is 7.21. The molecule has 0 bridgehead atoms. The van der Waals surface area contributed by atoms with Crippen molar-refractivity contribution in [3.63, 3.8) is 0 Å². The monoisotopic (exact) mass is 295 g/mol. The summed E-state index contributed by atoms with van der Waals surface area (Å²) in [7, 11) is 1.70. The predicted molar refractivity (Wildman–Crippen MR) is 81.4 cm³/mol. The van der Waals surface area contributed by atoms with Gasteiger partial charge in [0.15, 0.2) is 5.78 Å². The SMILES string of the molecule is COCCN(CC(=O)c1ccc(Cl)cc1)C(C)C1CC1. The van der Waals surface area contributed by atoms with Crippen LogP contribution in [0.1, 0.15) is 30.1 Å². The number of halogens is 1. The highest BCUT2D eigenvalue weighted by atomic mass is 35.5. The first-order chi connectivity index (χ1) is 9.61. The van der Waals surface area contributed by atoms with Gasteiger partial charge in [-0.05, 0) is 49.9 Å². The predicted octanol–water partition coefficient (Wildman–Crippen LogP) is 3.27. The number of benzene rings is 1. The first-order valence-corrected chi connectivity index (χ1v) is 7.51. The largest absolute Gasteiger partial charge is 0.383 e. The zero-order chi connectivity index (χ0) is 14.5. The number of hydrogen-bond acceptors (Lipinski definition) is 3. The summed E-state index contributed by atoms with van der Waals surface area (Å²) < 4.78 is 5.16. The van der Waals surface area contributed by atoms with Crippen molar-refractivity contribution in [2.75, 3.05) is 26.8 Å². The van der Waals surface area contributed by atoms with Crippen molar-refractivity contribution in [3.05, 3.63) is 34.9 Å². The average molecular weight is 296 g/mol. The van der Waals surface area contributed by atoms with Crippen LogP contribution in [-0.2, 0) is 4.74 Å². The molecule has 0 saturated heterocycles. The van der Waals surface area contributed by atoms with Gasteiger partial charge in [-0.3, -0.25) is 9.69 Å². The molecule has 0 amide bonds. The third-order valence-corrected chi connectivity index (χ3v) is 4.23. The Morgan fingerprint density at radius 1 is 1.40 bits per heavy atom. The van der Waals surface area contributed by atoms with Gasteiger partial charge in [0.2, 0.25) is 0 Å². The highest BCUT2D eigenvalue weighted by molar-refractivity contribution is 6.30. The molecule has 1 unspecified atom stereocenters. The second-order valence-electron chi connectivity index (χ2n) is 5.47. The highest BCUT2D eigenvalue weighted by Gasteiger charge is 2.32. The summed E-state index contributed by atoms with van der Waals surface area (Å²) in [6, 6.07) is 7.56. The number of ketones is 1. The van der Waals surface area contributed by atoms with E-state index in [2.05, 4.69) is 11.8 Å². The van der Waals surface area contributed by atoms with Gasteiger partial charge < -0.3 is 4.74 Å². The van der Waals surface area contributed by atoms with Crippen molar-refractivity contribution in [2.45, 2.75) is 25.8 Å². The summed E-state index contributed by atoms with van der Waals surface area (Å²) in [4.78, 5) is 14.6. The van der Waals surface area contributed by atoms with Crippen LogP contribution < -0.4 is 0 Å². The minimum absolute atomic E-state index is 0.144. The minimum Gasteiger partial charge on any atom is -0.383 e. The Labute approximate surface area is 125 Å². The normalized spacial score (nSPS) is 16.4. The van der Waals surface area contributed by atoms with E-state index in [0.717, 1.165) is 18.0 Å². The summed E-state index contributed by atoms with van der Waals surface area (Å²) in [6.07, 6.45) is 2.56. The summed E-state index contributed by atoms with van der Waals surface area (Å²) in [5.74, 6) is 0.884. The molecule has 1 saturated carbocycles. The van der Waals surface area contributed by atoms with Crippen molar-refractivity contribution < 1.29 is 9.53 Å². The fourth-order valence-corrected chi connectivity index (χ4v) is 2.55. The number of carbonyl (C=O) groups is 1. The molecule has 0 radical (unpaired) electrons. The molecule has 4 heteroatoms. The smallest absolute Gasteiger partial charge is 0.176 e. The van der Waals surface area contributed by atoms with Gasteiger partial charge in [-0.1, -0.05) is 11.6 Å². The maximum atomic E-state index is 12.4. The molecule has 2 rings (SSSR count). The zero-order valence-electron chi connectivity index (χ0n) is 12.1. The Kier molecular flexibility index (Phi) is 5.58. The number of rotatable bonds is 8. The minimum atomic E-state index is 0.144. The van der Waals surface area contributed by atoms with Gasteiger partial charge >= 0.3 is 0 Å². The van der Waals surface area contributed by atoms with E-state index < -0.39 is 0 Å². The van der Waals surface area contributed by atoms with E-state index in [9.17, 15) is 4.79 Å². The van der Waals surface area contributed by atoms with E-state index in [1.165, 1.54) is 12.8 Å². The van der Waals surface area contributed by atoms with Gasteiger partial charge in [0.25, 0.3) is 0 Å². The van der Waals surface area contributed by atoms with E-state index in [-0.39, 0.29) is 5.78 Å². The van der Waals surface area contributed by atoms with E-state index >= 15 is 0 Å². The molecular weight excluding hydrogens is 274 g/mol. The third-order valence-electron chi connectivity index (χ3n) is 3.98.